The summed E-state index contributed by atoms with van der Waals surface area (Å²) in [4.78, 5) is 33.9. The highest BCUT2D eigenvalue weighted by Crippen LogP contribution is 2.18. The predicted molar refractivity (Wildman–Crippen MR) is 90.9 cm³/mol. The molecule has 0 aliphatic heterocycles. The van der Waals surface area contributed by atoms with Crippen molar-refractivity contribution in [1.82, 2.24) is 14.9 Å². The van der Waals surface area contributed by atoms with Gasteiger partial charge in [0.15, 0.2) is 0 Å². The van der Waals surface area contributed by atoms with Crippen molar-refractivity contribution in [2.75, 3.05) is 13.1 Å². The van der Waals surface area contributed by atoms with Crippen molar-refractivity contribution in [3.8, 4) is 0 Å². The van der Waals surface area contributed by atoms with Crippen LogP contribution in [0.1, 0.15) is 23.7 Å². The van der Waals surface area contributed by atoms with Gasteiger partial charge in [-0.3, -0.25) is 9.59 Å². The van der Waals surface area contributed by atoms with E-state index in [1.807, 2.05) is 31.2 Å². The van der Waals surface area contributed by atoms with Gasteiger partial charge in [0, 0.05) is 18.7 Å². The number of fused-ring (bicyclic) bond motifs is 2. The Labute approximate surface area is 138 Å². The zero-order valence-corrected chi connectivity index (χ0v) is 13.3. The van der Waals surface area contributed by atoms with Gasteiger partial charge >= 0.3 is 5.97 Å². The summed E-state index contributed by atoms with van der Waals surface area (Å²) in [6.07, 6.45) is -0.0718. The molecule has 1 N–H and O–H groups in total. The Kier molecular flexibility index (Phi) is 4.37. The maximum Gasteiger partial charge on any atom is 0.305 e. The van der Waals surface area contributed by atoms with Crippen LogP contribution in [0.3, 0.4) is 0 Å². The summed E-state index contributed by atoms with van der Waals surface area (Å²) in [5.41, 5.74) is 3.43. The van der Waals surface area contributed by atoms with E-state index in [1.165, 1.54) is 4.90 Å². The van der Waals surface area contributed by atoms with Crippen LogP contribution in [0.25, 0.3) is 22.1 Å². The molecule has 0 spiro atoms. The number of aromatic nitrogens is 2. The number of hydrogen-bond donors (Lipinski definition) is 1. The molecule has 2 aromatic carbocycles. The summed E-state index contributed by atoms with van der Waals surface area (Å²) in [6.45, 7) is 2.47. The van der Waals surface area contributed by atoms with E-state index in [2.05, 4.69) is 9.97 Å². The van der Waals surface area contributed by atoms with Gasteiger partial charge in [0.25, 0.3) is 5.91 Å². The minimum absolute atomic E-state index is 0.0718. The summed E-state index contributed by atoms with van der Waals surface area (Å²) < 4.78 is 0. The van der Waals surface area contributed by atoms with E-state index in [0.717, 1.165) is 16.6 Å². The molecule has 0 fully saturated rings. The van der Waals surface area contributed by atoms with Crippen LogP contribution in [0.4, 0.5) is 0 Å². The van der Waals surface area contributed by atoms with Gasteiger partial charge in [0.2, 0.25) is 0 Å². The molecular weight excluding hydrogens is 306 g/mol. The smallest absolute Gasteiger partial charge is 0.305 e. The zero-order valence-electron chi connectivity index (χ0n) is 13.3. The summed E-state index contributed by atoms with van der Waals surface area (Å²) in [5.74, 6) is -1.12. The number of carboxylic acids is 1. The molecule has 0 saturated heterocycles. The lowest BCUT2D eigenvalue weighted by atomic mass is 10.1. The van der Waals surface area contributed by atoms with Crippen LogP contribution in [0, 0.1) is 0 Å². The second-order valence-electron chi connectivity index (χ2n) is 5.44. The number of nitrogens with zero attached hydrogens (tertiary/aromatic N) is 3. The highest BCUT2D eigenvalue weighted by Gasteiger charge is 2.16. The van der Waals surface area contributed by atoms with E-state index < -0.39 is 5.97 Å². The van der Waals surface area contributed by atoms with Crippen molar-refractivity contribution in [3.63, 3.8) is 0 Å². The second-order valence-corrected chi connectivity index (χ2v) is 5.44. The molecule has 6 heteroatoms. The molecule has 3 aromatic rings. The maximum atomic E-state index is 12.6. The molecule has 3 rings (SSSR count). The molecule has 0 atom stereocenters. The van der Waals surface area contributed by atoms with Gasteiger partial charge in [-0.05, 0) is 37.3 Å². The lowest BCUT2D eigenvalue weighted by molar-refractivity contribution is -0.137. The third-order valence-electron chi connectivity index (χ3n) is 3.85. The van der Waals surface area contributed by atoms with Crippen LogP contribution in [0.2, 0.25) is 0 Å². The standard InChI is InChI=1S/C18H17N3O3/c1-2-21(10-9-17(22)23)18(24)12-7-8-15-16(11-12)20-14-6-4-3-5-13(14)19-15/h3-8,11H,2,9-10H2,1H3,(H,22,23). The van der Waals surface area contributed by atoms with E-state index in [4.69, 9.17) is 5.11 Å². The zero-order chi connectivity index (χ0) is 17.1. The Hall–Kier alpha value is -3.02. The number of carbonyl (C=O) groups is 2. The van der Waals surface area contributed by atoms with E-state index in [1.54, 1.807) is 18.2 Å². The summed E-state index contributed by atoms with van der Waals surface area (Å²) in [7, 11) is 0. The van der Waals surface area contributed by atoms with E-state index >= 15 is 0 Å². The van der Waals surface area contributed by atoms with Crippen molar-refractivity contribution >= 4 is 33.9 Å². The number of para-hydroxylation sites is 2. The van der Waals surface area contributed by atoms with E-state index in [-0.39, 0.29) is 18.9 Å². The number of carboxylic acid groups (broad SMARTS) is 1. The molecule has 0 saturated carbocycles. The van der Waals surface area contributed by atoms with Crippen molar-refractivity contribution in [2.24, 2.45) is 0 Å². The van der Waals surface area contributed by atoms with Gasteiger partial charge in [-0.25, -0.2) is 9.97 Å². The third kappa shape index (κ3) is 3.17. The van der Waals surface area contributed by atoms with Gasteiger partial charge in [-0.1, -0.05) is 12.1 Å². The molecule has 24 heavy (non-hydrogen) atoms. The molecule has 122 valence electrons. The number of benzene rings is 2. The highest BCUT2D eigenvalue weighted by atomic mass is 16.4. The molecule has 1 heterocycles. The lowest BCUT2D eigenvalue weighted by Crippen LogP contribution is -2.32. The van der Waals surface area contributed by atoms with Crippen LogP contribution in [0.5, 0.6) is 0 Å². The van der Waals surface area contributed by atoms with Crippen LogP contribution in [0.15, 0.2) is 42.5 Å². The summed E-state index contributed by atoms with van der Waals surface area (Å²) in [5, 5.41) is 8.80. The molecule has 0 aliphatic carbocycles. The summed E-state index contributed by atoms with van der Waals surface area (Å²) in [6, 6.07) is 12.8. The fraction of sp³-hybridized carbons (Fsp3) is 0.222. The van der Waals surface area contributed by atoms with Gasteiger partial charge in [-0.2, -0.15) is 0 Å². The monoisotopic (exact) mass is 323 g/mol. The maximum absolute atomic E-state index is 12.6. The molecule has 1 amide bonds. The molecule has 6 nitrogen and oxygen atoms in total. The normalized spacial score (nSPS) is 10.9. The fourth-order valence-corrected chi connectivity index (χ4v) is 2.57. The van der Waals surface area contributed by atoms with E-state index in [0.29, 0.717) is 17.6 Å². The minimum atomic E-state index is -0.919. The van der Waals surface area contributed by atoms with Crippen molar-refractivity contribution in [1.29, 1.82) is 0 Å². The fourth-order valence-electron chi connectivity index (χ4n) is 2.57. The van der Waals surface area contributed by atoms with Crippen molar-refractivity contribution in [2.45, 2.75) is 13.3 Å². The van der Waals surface area contributed by atoms with Crippen LogP contribution >= 0.6 is 0 Å². The first-order chi connectivity index (χ1) is 11.6. The predicted octanol–water partition coefficient (Wildman–Crippen LogP) is 2.72. The Morgan fingerprint density at radius 2 is 1.62 bits per heavy atom. The topological polar surface area (TPSA) is 83.4 Å². The Balaban J connectivity index is 1.95. The third-order valence-corrected chi connectivity index (χ3v) is 3.85. The largest absolute Gasteiger partial charge is 0.481 e. The molecule has 0 bridgehead atoms. The Morgan fingerprint density at radius 3 is 2.25 bits per heavy atom. The first-order valence-electron chi connectivity index (χ1n) is 7.76. The van der Waals surface area contributed by atoms with Gasteiger partial charge in [0.1, 0.15) is 0 Å². The average Bonchev–Trinajstić information content (AvgIpc) is 2.59. The Bertz CT molecular complexity index is 924. The number of aliphatic carboxylic acids is 1. The number of carbonyl (C=O) groups excluding carboxylic acids is 1. The first-order valence-corrected chi connectivity index (χ1v) is 7.76. The average molecular weight is 323 g/mol. The SMILES string of the molecule is CCN(CCC(=O)O)C(=O)c1ccc2nc3ccccc3nc2c1. The second kappa shape index (κ2) is 6.62. The van der Waals surface area contributed by atoms with Gasteiger partial charge < -0.3 is 10.0 Å². The number of rotatable bonds is 5. The minimum Gasteiger partial charge on any atom is -0.481 e. The first kappa shape index (κ1) is 15.9. The van der Waals surface area contributed by atoms with Crippen LogP contribution in [-0.4, -0.2) is 44.9 Å². The molecule has 1 aromatic heterocycles. The lowest BCUT2D eigenvalue weighted by Gasteiger charge is -2.20. The van der Waals surface area contributed by atoms with Crippen molar-refractivity contribution in [3.05, 3.63) is 48.0 Å². The number of amides is 1. The van der Waals surface area contributed by atoms with Gasteiger partial charge in [0.05, 0.1) is 28.5 Å². The van der Waals surface area contributed by atoms with Crippen LogP contribution in [-0.2, 0) is 4.79 Å². The Morgan fingerprint density at radius 1 is 1.00 bits per heavy atom. The number of hydrogen-bond acceptors (Lipinski definition) is 4. The summed E-state index contributed by atoms with van der Waals surface area (Å²) >= 11 is 0. The molecular formula is C18H17N3O3. The molecule has 0 aliphatic rings. The van der Waals surface area contributed by atoms with Crippen LogP contribution < -0.4 is 0 Å². The van der Waals surface area contributed by atoms with Crippen molar-refractivity contribution < 1.29 is 14.7 Å². The molecule has 0 unspecified atom stereocenters. The van der Waals surface area contributed by atoms with E-state index in [9.17, 15) is 9.59 Å². The quantitative estimate of drug-likeness (QED) is 0.730. The highest BCUT2D eigenvalue weighted by molar-refractivity contribution is 5.98. The molecule has 0 radical (unpaired) electrons. The van der Waals surface area contributed by atoms with Gasteiger partial charge in [-0.15, -0.1) is 0 Å².